The van der Waals surface area contributed by atoms with E-state index >= 15 is 0 Å². The number of carbonyl (C=O) groups excluding carboxylic acids is 2. The Balaban J connectivity index is 1.55. The number of benzene rings is 1. The highest BCUT2D eigenvalue weighted by Gasteiger charge is 2.35. The van der Waals surface area contributed by atoms with Crippen LogP contribution in [0.15, 0.2) is 18.2 Å². The molecule has 2 heterocycles. The van der Waals surface area contributed by atoms with Crippen molar-refractivity contribution >= 4 is 33.2 Å². The first kappa shape index (κ1) is 17.4. The molecule has 1 saturated heterocycles. The van der Waals surface area contributed by atoms with Crippen molar-refractivity contribution in [2.45, 2.75) is 19.4 Å². The standard InChI is InChI=1S/C19H21FN2O3S/c1-25-11-13-16-14(20)3-2-4-15(16)26-17(13)19(24)22-9-7-21(8-10-22)18(23)12-5-6-12/h2-4,12H,5-11H2,1H3. The minimum absolute atomic E-state index is 0.101. The summed E-state index contributed by atoms with van der Waals surface area (Å²) in [6.45, 7) is 2.36. The predicted molar refractivity (Wildman–Crippen MR) is 97.7 cm³/mol. The molecule has 26 heavy (non-hydrogen) atoms. The van der Waals surface area contributed by atoms with E-state index in [1.165, 1.54) is 17.4 Å². The summed E-state index contributed by atoms with van der Waals surface area (Å²) in [5.41, 5.74) is 0.618. The molecule has 2 amide bonds. The van der Waals surface area contributed by atoms with E-state index in [-0.39, 0.29) is 30.2 Å². The number of halogens is 1. The zero-order valence-corrected chi connectivity index (χ0v) is 15.5. The molecule has 0 bridgehead atoms. The number of ether oxygens (including phenoxy) is 1. The molecule has 0 spiro atoms. The number of hydrogen-bond acceptors (Lipinski definition) is 4. The van der Waals surface area contributed by atoms with Gasteiger partial charge in [-0.2, -0.15) is 0 Å². The number of piperazine rings is 1. The number of amides is 2. The second-order valence-corrected chi connectivity index (χ2v) is 7.90. The predicted octanol–water partition coefficient (Wildman–Crippen LogP) is 2.88. The molecule has 138 valence electrons. The van der Waals surface area contributed by atoms with Crippen LogP contribution in [0.2, 0.25) is 0 Å². The highest BCUT2D eigenvalue weighted by atomic mass is 32.1. The maximum absolute atomic E-state index is 14.3. The first-order chi connectivity index (χ1) is 12.6. The van der Waals surface area contributed by atoms with Crippen molar-refractivity contribution in [3.8, 4) is 0 Å². The van der Waals surface area contributed by atoms with Gasteiger partial charge in [0.05, 0.1) is 11.5 Å². The largest absolute Gasteiger partial charge is 0.380 e. The topological polar surface area (TPSA) is 49.9 Å². The van der Waals surface area contributed by atoms with Crippen LogP contribution in [0.1, 0.15) is 28.1 Å². The highest BCUT2D eigenvalue weighted by molar-refractivity contribution is 7.21. The van der Waals surface area contributed by atoms with Gasteiger partial charge < -0.3 is 14.5 Å². The lowest BCUT2D eigenvalue weighted by atomic mass is 10.1. The summed E-state index contributed by atoms with van der Waals surface area (Å²) in [6.07, 6.45) is 1.98. The third-order valence-electron chi connectivity index (χ3n) is 5.05. The molecule has 0 N–H and O–H groups in total. The van der Waals surface area contributed by atoms with Crippen molar-refractivity contribution in [3.63, 3.8) is 0 Å². The maximum atomic E-state index is 14.3. The number of thiophene rings is 1. The van der Waals surface area contributed by atoms with Crippen LogP contribution in [0.25, 0.3) is 10.1 Å². The van der Waals surface area contributed by atoms with Gasteiger partial charge in [0.2, 0.25) is 5.91 Å². The highest BCUT2D eigenvalue weighted by Crippen LogP contribution is 2.35. The molecule has 1 aromatic heterocycles. The lowest BCUT2D eigenvalue weighted by Gasteiger charge is -2.34. The molecule has 0 radical (unpaired) electrons. The van der Waals surface area contributed by atoms with Crippen molar-refractivity contribution in [1.82, 2.24) is 9.80 Å². The summed E-state index contributed by atoms with van der Waals surface area (Å²) in [5.74, 6) is -0.00176. The second kappa shape index (κ2) is 6.96. The average molecular weight is 376 g/mol. The smallest absolute Gasteiger partial charge is 0.264 e. The number of rotatable bonds is 4. The van der Waals surface area contributed by atoms with E-state index in [1.54, 1.807) is 18.1 Å². The van der Waals surface area contributed by atoms with Crippen LogP contribution in [-0.4, -0.2) is 54.9 Å². The Bertz CT molecular complexity index is 854. The van der Waals surface area contributed by atoms with Crippen LogP contribution in [0.4, 0.5) is 4.39 Å². The molecule has 7 heteroatoms. The van der Waals surface area contributed by atoms with Gasteiger partial charge in [0.25, 0.3) is 5.91 Å². The van der Waals surface area contributed by atoms with Crippen LogP contribution in [0.5, 0.6) is 0 Å². The fraction of sp³-hybridized carbons (Fsp3) is 0.474. The number of nitrogens with zero attached hydrogens (tertiary/aromatic N) is 2. The number of hydrogen-bond donors (Lipinski definition) is 0. The van der Waals surface area contributed by atoms with Crippen LogP contribution in [-0.2, 0) is 16.1 Å². The molecule has 4 rings (SSSR count). The van der Waals surface area contributed by atoms with E-state index in [4.69, 9.17) is 4.74 Å². The molecule has 1 saturated carbocycles. The van der Waals surface area contributed by atoms with Crippen LogP contribution >= 0.6 is 11.3 Å². The van der Waals surface area contributed by atoms with Crippen molar-refractivity contribution in [3.05, 3.63) is 34.5 Å². The first-order valence-corrected chi connectivity index (χ1v) is 9.68. The van der Waals surface area contributed by atoms with Gasteiger partial charge in [0.15, 0.2) is 0 Å². The van der Waals surface area contributed by atoms with Crippen LogP contribution < -0.4 is 0 Å². The molecular formula is C19H21FN2O3S. The zero-order valence-electron chi connectivity index (χ0n) is 14.7. The summed E-state index contributed by atoms with van der Waals surface area (Å²) < 4.78 is 20.3. The Hall–Kier alpha value is -1.99. The molecule has 0 atom stereocenters. The van der Waals surface area contributed by atoms with E-state index in [0.29, 0.717) is 42.0 Å². The monoisotopic (exact) mass is 376 g/mol. The fourth-order valence-electron chi connectivity index (χ4n) is 3.48. The molecular weight excluding hydrogens is 355 g/mol. The Morgan fingerprint density at radius 2 is 1.88 bits per heavy atom. The van der Waals surface area contributed by atoms with Gasteiger partial charge in [-0.3, -0.25) is 9.59 Å². The lowest BCUT2D eigenvalue weighted by molar-refractivity contribution is -0.134. The zero-order chi connectivity index (χ0) is 18.3. The van der Waals surface area contributed by atoms with Crippen molar-refractivity contribution in [2.75, 3.05) is 33.3 Å². The molecule has 2 aromatic rings. The van der Waals surface area contributed by atoms with E-state index < -0.39 is 0 Å². The van der Waals surface area contributed by atoms with Gasteiger partial charge in [-0.05, 0) is 25.0 Å². The van der Waals surface area contributed by atoms with Gasteiger partial charge in [0.1, 0.15) is 5.82 Å². The summed E-state index contributed by atoms with van der Waals surface area (Å²) in [5, 5.41) is 0.477. The van der Waals surface area contributed by atoms with Crippen molar-refractivity contribution in [2.24, 2.45) is 5.92 Å². The Kier molecular flexibility index (Phi) is 4.67. The maximum Gasteiger partial charge on any atom is 0.264 e. The third kappa shape index (κ3) is 3.10. The molecule has 2 aliphatic rings. The van der Waals surface area contributed by atoms with Gasteiger partial charge in [-0.1, -0.05) is 6.07 Å². The normalized spacial score (nSPS) is 17.8. The first-order valence-electron chi connectivity index (χ1n) is 8.87. The van der Waals surface area contributed by atoms with Gasteiger partial charge in [-0.15, -0.1) is 11.3 Å². The fourth-order valence-corrected chi connectivity index (χ4v) is 4.67. The minimum atomic E-state index is -0.329. The molecule has 1 aromatic carbocycles. The Morgan fingerprint density at radius 3 is 2.54 bits per heavy atom. The van der Waals surface area contributed by atoms with E-state index in [0.717, 1.165) is 17.5 Å². The third-order valence-corrected chi connectivity index (χ3v) is 6.24. The van der Waals surface area contributed by atoms with Gasteiger partial charge in [0, 0.05) is 54.9 Å². The van der Waals surface area contributed by atoms with Crippen molar-refractivity contribution in [1.29, 1.82) is 0 Å². The summed E-state index contributed by atoms with van der Waals surface area (Å²) >= 11 is 1.31. The van der Waals surface area contributed by atoms with Crippen LogP contribution in [0.3, 0.4) is 0 Å². The Morgan fingerprint density at radius 1 is 1.19 bits per heavy atom. The van der Waals surface area contributed by atoms with Gasteiger partial charge in [-0.25, -0.2) is 4.39 Å². The van der Waals surface area contributed by atoms with Crippen LogP contribution in [0, 0.1) is 11.7 Å². The number of methoxy groups -OCH3 is 1. The molecule has 5 nitrogen and oxygen atoms in total. The summed E-state index contributed by atoms with van der Waals surface area (Å²) in [7, 11) is 1.54. The summed E-state index contributed by atoms with van der Waals surface area (Å²) in [4.78, 5) is 29.4. The van der Waals surface area contributed by atoms with E-state index in [2.05, 4.69) is 0 Å². The minimum Gasteiger partial charge on any atom is -0.380 e. The van der Waals surface area contributed by atoms with Gasteiger partial charge >= 0.3 is 0 Å². The molecule has 0 unspecified atom stereocenters. The molecule has 2 fully saturated rings. The summed E-state index contributed by atoms with van der Waals surface area (Å²) in [6, 6.07) is 4.89. The lowest BCUT2D eigenvalue weighted by Crippen LogP contribution is -2.51. The van der Waals surface area contributed by atoms with E-state index in [9.17, 15) is 14.0 Å². The second-order valence-electron chi connectivity index (χ2n) is 6.85. The Labute approximate surface area is 155 Å². The SMILES string of the molecule is COCc1c(C(=O)N2CCN(C(=O)C3CC3)CC2)sc2cccc(F)c12. The molecule has 1 aliphatic carbocycles. The van der Waals surface area contributed by atoms with E-state index in [1.807, 2.05) is 11.0 Å². The van der Waals surface area contributed by atoms with Crippen molar-refractivity contribution < 1.29 is 18.7 Å². The quantitative estimate of drug-likeness (QED) is 0.825. The molecule has 1 aliphatic heterocycles. The number of carbonyl (C=O) groups is 2. The number of fused-ring (bicyclic) bond motifs is 1. The average Bonchev–Trinajstić information content (AvgIpc) is 3.44.